The molecule has 1 aromatic heterocycles. The Morgan fingerprint density at radius 3 is 2.56 bits per heavy atom. The summed E-state index contributed by atoms with van der Waals surface area (Å²) >= 11 is 0. The van der Waals surface area contributed by atoms with Gasteiger partial charge in [-0.3, -0.25) is 19.2 Å². The number of carbonyl (C=O) groups is 3. The van der Waals surface area contributed by atoms with Gasteiger partial charge in [0.1, 0.15) is 11.2 Å². The number of aryl methyl sites for hydroxylation is 1. The Morgan fingerprint density at radius 2 is 1.94 bits per heavy atom. The number of benzene rings is 1. The minimum Gasteiger partial charge on any atom is -0.461 e. The zero-order valence-corrected chi connectivity index (χ0v) is 19.0. The molecule has 2 heterocycles. The zero-order valence-electron chi connectivity index (χ0n) is 19.0. The molecular weight excluding hydrogens is 412 g/mol. The van der Waals surface area contributed by atoms with E-state index in [4.69, 9.17) is 9.47 Å². The summed E-state index contributed by atoms with van der Waals surface area (Å²) < 4.78 is 11.5. The van der Waals surface area contributed by atoms with Crippen LogP contribution in [0.1, 0.15) is 53.7 Å². The van der Waals surface area contributed by atoms with Crippen LogP contribution in [-0.2, 0) is 27.2 Å². The first-order chi connectivity index (χ1) is 15.3. The number of hydrogen-bond donors (Lipinski definition) is 1. The number of hydrogen-bond acceptors (Lipinski definition) is 6. The third-order valence-electron chi connectivity index (χ3n) is 5.54. The largest absolute Gasteiger partial charge is 0.461 e. The first kappa shape index (κ1) is 23.5. The van der Waals surface area contributed by atoms with E-state index in [0.29, 0.717) is 25.3 Å². The van der Waals surface area contributed by atoms with Crippen LogP contribution in [0.2, 0.25) is 0 Å². The highest BCUT2D eigenvalue weighted by Crippen LogP contribution is 2.33. The molecule has 3 rings (SSSR count). The van der Waals surface area contributed by atoms with Crippen molar-refractivity contribution < 1.29 is 23.9 Å². The number of aromatic nitrogens is 2. The second-order valence-corrected chi connectivity index (χ2v) is 7.83. The molecule has 0 fully saturated rings. The van der Waals surface area contributed by atoms with Crippen LogP contribution in [0.5, 0.6) is 0 Å². The summed E-state index contributed by atoms with van der Waals surface area (Å²) in [6.45, 7) is 6.69. The lowest BCUT2D eigenvalue weighted by Gasteiger charge is -2.43. The van der Waals surface area contributed by atoms with Gasteiger partial charge in [0.2, 0.25) is 5.91 Å². The maximum Gasteiger partial charge on any atom is 0.358 e. The highest BCUT2D eigenvalue weighted by Gasteiger charge is 2.49. The molecule has 32 heavy (non-hydrogen) atoms. The summed E-state index contributed by atoms with van der Waals surface area (Å²) in [6, 6.07) is 8.98. The fourth-order valence-electron chi connectivity index (χ4n) is 3.78. The van der Waals surface area contributed by atoms with Crippen molar-refractivity contribution in [1.82, 2.24) is 15.1 Å². The number of amides is 2. The molecular formula is C23H30N4O5. The maximum atomic E-state index is 13.6. The van der Waals surface area contributed by atoms with E-state index in [1.54, 1.807) is 21.0 Å². The Balaban J connectivity index is 2.00. The molecule has 1 N–H and O–H groups in total. The lowest BCUT2D eigenvalue weighted by molar-refractivity contribution is -0.126. The number of fused-ring (bicyclic) bond motifs is 1. The van der Waals surface area contributed by atoms with Crippen molar-refractivity contribution in [3.05, 3.63) is 47.3 Å². The van der Waals surface area contributed by atoms with E-state index in [2.05, 4.69) is 10.4 Å². The second-order valence-electron chi connectivity index (χ2n) is 7.83. The van der Waals surface area contributed by atoms with Gasteiger partial charge >= 0.3 is 5.97 Å². The number of methoxy groups -OCH3 is 1. The Morgan fingerprint density at radius 1 is 1.22 bits per heavy atom. The van der Waals surface area contributed by atoms with Gasteiger partial charge in [-0.2, -0.15) is 5.10 Å². The predicted octanol–water partition coefficient (Wildman–Crippen LogP) is 2.19. The molecule has 0 aliphatic carbocycles. The molecule has 0 saturated heterocycles. The third-order valence-corrected chi connectivity index (χ3v) is 5.54. The molecule has 1 aliphatic heterocycles. The summed E-state index contributed by atoms with van der Waals surface area (Å²) in [5.74, 6) is -1.31. The molecule has 9 nitrogen and oxygen atoms in total. The standard InChI is InChI=1S/C23H30N4O5/c1-5-16-8-10-17(11-9-16)27-20(28)19-14-18(21(29)32-6-2)25-26(19)15-23(27,3)22(30)24-12-7-13-31-4/h8-11,14H,5-7,12-13,15H2,1-4H3,(H,24,30)/t23-/m1/s1. The van der Waals surface area contributed by atoms with Crippen molar-refractivity contribution in [2.75, 3.05) is 31.8 Å². The van der Waals surface area contributed by atoms with E-state index in [0.717, 1.165) is 12.0 Å². The number of rotatable bonds is 9. The Labute approximate surface area is 187 Å². The van der Waals surface area contributed by atoms with Crippen LogP contribution in [0, 0.1) is 0 Å². The van der Waals surface area contributed by atoms with Crippen LogP contribution >= 0.6 is 0 Å². The minimum atomic E-state index is -1.25. The molecule has 0 radical (unpaired) electrons. The van der Waals surface area contributed by atoms with E-state index >= 15 is 0 Å². The van der Waals surface area contributed by atoms with E-state index in [9.17, 15) is 14.4 Å². The lowest BCUT2D eigenvalue weighted by atomic mass is 9.93. The number of nitrogens with zero attached hydrogens (tertiary/aromatic N) is 3. The summed E-state index contributed by atoms with van der Waals surface area (Å²) in [5, 5.41) is 7.16. The third kappa shape index (κ3) is 4.52. The van der Waals surface area contributed by atoms with Crippen molar-refractivity contribution >= 4 is 23.5 Å². The summed E-state index contributed by atoms with van der Waals surface area (Å²) in [5.41, 5.74) is 0.756. The average molecular weight is 443 g/mol. The molecule has 9 heteroatoms. The van der Waals surface area contributed by atoms with Gasteiger partial charge in [-0.1, -0.05) is 19.1 Å². The normalized spacial score (nSPS) is 17.8. The van der Waals surface area contributed by atoms with Crippen LogP contribution in [-0.4, -0.2) is 60.0 Å². The highest BCUT2D eigenvalue weighted by atomic mass is 16.5. The molecule has 2 aromatic rings. The fraction of sp³-hybridized carbons (Fsp3) is 0.478. The quantitative estimate of drug-likeness (QED) is 0.472. The topological polar surface area (TPSA) is 103 Å². The number of nitrogens with one attached hydrogen (secondary N) is 1. The Kier molecular flexibility index (Phi) is 7.29. The monoisotopic (exact) mass is 442 g/mol. The molecule has 1 atom stereocenters. The van der Waals surface area contributed by atoms with E-state index in [-0.39, 0.29) is 30.4 Å². The smallest absolute Gasteiger partial charge is 0.358 e. The number of carbonyl (C=O) groups excluding carboxylic acids is 3. The maximum absolute atomic E-state index is 13.6. The van der Waals surface area contributed by atoms with Crippen molar-refractivity contribution in [3.8, 4) is 0 Å². The van der Waals surface area contributed by atoms with Gasteiger partial charge in [0.25, 0.3) is 5.91 Å². The van der Waals surface area contributed by atoms with E-state index in [1.807, 2.05) is 31.2 Å². The lowest BCUT2D eigenvalue weighted by Crippen LogP contribution is -2.64. The van der Waals surface area contributed by atoms with Crippen LogP contribution in [0.3, 0.4) is 0 Å². The molecule has 0 spiro atoms. The minimum absolute atomic E-state index is 0.0428. The first-order valence-corrected chi connectivity index (χ1v) is 10.8. The summed E-state index contributed by atoms with van der Waals surface area (Å²) in [7, 11) is 1.60. The zero-order chi connectivity index (χ0) is 23.3. The van der Waals surface area contributed by atoms with Crippen LogP contribution in [0.15, 0.2) is 30.3 Å². The van der Waals surface area contributed by atoms with Gasteiger partial charge in [0, 0.05) is 32.0 Å². The van der Waals surface area contributed by atoms with Gasteiger partial charge in [0.15, 0.2) is 5.69 Å². The predicted molar refractivity (Wildman–Crippen MR) is 119 cm³/mol. The Bertz CT molecular complexity index is 985. The van der Waals surface area contributed by atoms with E-state index < -0.39 is 17.4 Å². The fourth-order valence-corrected chi connectivity index (χ4v) is 3.78. The highest BCUT2D eigenvalue weighted by molar-refractivity contribution is 6.12. The molecule has 172 valence electrons. The molecule has 2 amide bonds. The number of ether oxygens (including phenoxy) is 2. The van der Waals surface area contributed by atoms with Crippen LogP contribution in [0.25, 0.3) is 0 Å². The Hall–Kier alpha value is -3.20. The van der Waals surface area contributed by atoms with Crippen molar-refractivity contribution in [2.45, 2.75) is 45.7 Å². The van der Waals surface area contributed by atoms with Gasteiger partial charge in [0.05, 0.1) is 13.2 Å². The number of esters is 1. The van der Waals surface area contributed by atoms with Crippen molar-refractivity contribution in [3.63, 3.8) is 0 Å². The summed E-state index contributed by atoms with van der Waals surface area (Å²) in [6.07, 6.45) is 1.51. The molecule has 1 aliphatic rings. The van der Waals surface area contributed by atoms with Gasteiger partial charge < -0.3 is 14.8 Å². The van der Waals surface area contributed by atoms with Gasteiger partial charge in [-0.15, -0.1) is 0 Å². The van der Waals surface area contributed by atoms with Crippen LogP contribution < -0.4 is 10.2 Å². The van der Waals surface area contributed by atoms with Crippen molar-refractivity contribution in [1.29, 1.82) is 0 Å². The first-order valence-electron chi connectivity index (χ1n) is 10.8. The second kappa shape index (κ2) is 9.95. The SMILES string of the molecule is CCOC(=O)c1cc2n(n1)C[C@](C)(C(=O)NCCCOC)N(c1ccc(CC)cc1)C2=O. The van der Waals surface area contributed by atoms with Crippen molar-refractivity contribution in [2.24, 2.45) is 0 Å². The molecule has 0 bridgehead atoms. The van der Waals surface area contributed by atoms with E-state index in [1.165, 1.54) is 15.6 Å². The molecule has 0 unspecified atom stereocenters. The molecule has 1 aromatic carbocycles. The molecule has 0 saturated carbocycles. The summed E-state index contributed by atoms with van der Waals surface area (Å²) in [4.78, 5) is 40.5. The van der Waals surface area contributed by atoms with Gasteiger partial charge in [-0.05, 0) is 44.4 Å². The average Bonchev–Trinajstić information content (AvgIpc) is 3.21. The van der Waals surface area contributed by atoms with Gasteiger partial charge in [-0.25, -0.2) is 4.79 Å². The van der Waals surface area contributed by atoms with Crippen LogP contribution in [0.4, 0.5) is 5.69 Å². The number of anilines is 1.